The molecule has 0 radical (unpaired) electrons. The summed E-state index contributed by atoms with van der Waals surface area (Å²) >= 11 is 0. The van der Waals surface area contributed by atoms with Crippen molar-refractivity contribution in [3.63, 3.8) is 0 Å². The monoisotopic (exact) mass is 309 g/mol. The maximum absolute atomic E-state index is 12.6. The molecule has 21 heavy (non-hydrogen) atoms. The number of nitro groups is 1. The van der Waals surface area contributed by atoms with Crippen molar-refractivity contribution in [2.24, 2.45) is 0 Å². The number of ether oxygens (including phenoxy) is 2. The third-order valence-electron chi connectivity index (χ3n) is 2.97. The first-order valence-electron chi connectivity index (χ1n) is 6.40. The van der Waals surface area contributed by atoms with Gasteiger partial charge in [0.25, 0.3) is 0 Å². The highest BCUT2D eigenvalue weighted by Gasteiger charge is 2.42. The van der Waals surface area contributed by atoms with Crippen LogP contribution >= 0.6 is 0 Å². The zero-order chi connectivity index (χ0) is 15.5. The van der Waals surface area contributed by atoms with Crippen LogP contribution in [-0.4, -0.2) is 34.2 Å². The van der Waals surface area contributed by atoms with Gasteiger partial charge in [-0.3, -0.25) is 14.8 Å². The van der Waals surface area contributed by atoms with Crippen LogP contribution in [0.4, 0.5) is 18.9 Å². The van der Waals surface area contributed by atoms with Gasteiger partial charge in [0, 0.05) is 6.61 Å². The van der Waals surface area contributed by atoms with Crippen LogP contribution in [0.1, 0.15) is 25.0 Å². The van der Waals surface area contributed by atoms with E-state index in [2.05, 4.69) is 5.10 Å². The van der Waals surface area contributed by atoms with Crippen molar-refractivity contribution in [2.75, 3.05) is 13.2 Å². The standard InChI is InChI=1S/C11H14F3N3O4/c12-11(13,14)10-8(17(18)19)7-16(15-10)4-6-21-9-3-1-2-5-20-9/h7,9H,1-6H2/t9-/m1/s1. The van der Waals surface area contributed by atoms with Crippen LogP contribution in [0.3, 0.4) is 0 Å². The van der Waals surface area contributed by atoms with Gasteiger partial charge in [-0.15, -0.1) is 0 Å². The molecule has 0 unspecified atom stereocenters. The first-order chi connectivity index (χ1) is 9.88. The third kappa shape index (κ3) is 4.14. The van der Waals surface area contributed by atoms with Crippen molar-refractivity contribution in [2.45, 2.75) is 38.3 Å². The van der Waals surface area contributed by atoms with E-state index in [4.69, 9.17) is 9.47 Å². The molecule has 1 aliphatic heterocycles. The van der Waals surface area contributed by atoms with Gasteiger partial charge in [-0.1, -0.05) is 0 Å². The second kappa shape index (κ2) is 6.39. The molecule has 1 aliphatic rings. The molecule has 0 bridgehead atoms. The zero-order valence-electron chi connectivity index (χ0n) is 11.0. The maximum atomic E-state index is 12.6. The second-order valence-corrected chi connectivity index (χ2v) is 4.55. The molecule has 0 saturated carbocycles. The predicted molar refractivity (Wildman–Crippen MR) is 63.4 cm³/mol. The molecule has 118 valence electrons. The minimum atomic E-state index is -4.86. The Morgan fingerprint density at radius 3 is 2.81 bits per heavy atom. The highest BCUT2D eigenvalue weighted by molar-refractivity contribution is 5.34. The average Bonchev–Trinajstić information content (AvgIpc) is 2.84. The van der Waals surface area contributed by atoms with E-state index >= 15 is 0 Å². The molecule has 2 rings (SSSR count). The van der Waals surface area contributed by atoms with E-state index < -0.39 is 22.5 Å². The highest BCUT2D eigenvalue weighted by Crippen LogP contribution is 2.34. The largest absolute Gasteiger partial charge is 0.442 e. The van der Waals surface area contributed by atoms with E-state index in [-0.39, 0.29) is 19.4 Å². The van der Waals surface area contributed by atoms with E-state index in [1.165, 1.54) is 0 Å². The van der Waals surface area contributed by atoms with Crippen LogP contribution in [0.2, 0.25) is 0 Å². The van der Waals surface area contributed by atoms with Gasteiger partial charge >= 0.3 is 11.9 Å². The lowest BCUT2D eigenvalue weighted by Gasteiger charge is -2.22. The molecule has 1 atom stereocenters. The topological polar surface area (TPSA) is 79.4 Å². The lowest BCUT2D eigenvalue weighted by atomic mass is 10.2. The lowest BCUT2D eigenvalue weighted by Crippen LogP contribution is -2.24. The van der Waals surface area contributed by atoms with E-state index in [1.807, 2.05) is 0 Å². The highest BCUT2D eigenvalue weighted by atomic mass is 19.4. The van der Waals surface area contributed by atoms with Crippen molar-refractivity contribution in [3.8, 4) is 0 Å². The Hall–Kier alpha value is -1.68. The van der Waals surface area contributed by atoms with Gasteiger partial charge in [0.2, 0.25) is 5.69 Å². The van der Waals surface area contributed by atoms with Crippen LogP contribution in [-0.2, 0) is 22.2 Å². The average molecular weight is 309 g/mol. The number of hydrogen-bond donors (Lipinski definition) is 0. The zero-order valence-corrected chi connectivity index (χ0v) is 11.0. The molecule has 0 aliphatic carbocycles. The van der Waals surface area contributed by atoms with Gasteiger partial charge in [-0.2, -0.15) is 18.3 Å². The first-order valence-corrected chi connectivity index (χ1v) is 6.40. The van der Waals surface area contributed by atoms with Crippen molar-refractivity contribution >= 4 is 5.69 Å². The van der Waals surface area contributed by atoms with Crippen LogP contribution < -0.4 is 0 Å². The van der Waals surface area contributed by atoms with Gasteiger partial charge in [0.1, 0.15) is 6.20 Å². The number of rotatable bonds is 5. The number of halogens is 3. The maximum Gasteiger partial charge on any atom is 0.442 e. The first kappa shape index (κ1) is 15.7. The van der Waals surface area contributed by atoms with E-state index in [0.29, 0.717) is 6.61 Å². The molecule has 2 heterocycles. The fourth-order valence-electron chi connectivity index (χ4n) is 1.98. The molecule has 0 aromatic carbocycles. The summed E-state index contributed by atoms with van der Waals surface area (Å²) in [6.07, 6.45) is -1.82. The Morgan fingerprint density at radius 2 is 2.29 bits per heavy atom. The Balaban J connectivity index is 1.95. The Labute approximate surface area is 117 Å². The predicted octanol–water partition coefficient (Wildman–Crippen LogP) is 2.35. The Morgan fingerprint density at radius 1 is 1.52 bits per heavy atom. The minimum Gasteiger partial charge on any atom is -0.353 e. The van der Waals surface area contributed by atoms with Gasteiger partial charge < -0.3 is 9.47 Å². The summed E-state index contributed by atoms with van der Waals surface area (Å²) < 4.78 is 49.3. The van der Waals surface area contributed by atoms with Gasteiger partial charge in [-0.25, -0.2) is 0 Å². The van der Waals surface area contributed by atoms with Crippen LogP contribution in [0, 0.1) is 10.1 Å². The molecule has 0 N–H and O–H groups in total. The summed E-state index contributed by atoms with van der Waals surface area (Å²) in [7, 11) is 0. The van der Waals surface area contributed by atoms with Gasteiger partial charge in [0.15, 0.2) is 6.29 Å². The molecule has 1 fully saturated rings. The number of hydrogen-bond acceptors (Lipinski definition) is 5. The summed E-state index contributed by atoms with van der Waals surface area (Å²) in [5.41, 5.74) is -2.56. The van der Waals surface area contributed by atoms with Crippen molar-refractivity contribution in [3.05, 3.63) is 22.0 Å². The molecule has 0 spiro atoms. The molecule has 0 amide bonds. The van der Waals surface area contributed by atoms with Crippen LogP contribution in [0.5, 0.6) is 0 Å². The molecule has 7 nitrogen and oxygen atoms in total. The molecular formula is C11H14F3N3O4. The SMILES string of the molecule is O=[N+]([O-])c1cn(CCO[C@@H]2CCCCO2)nc1C(F)(F)F. The quantitative estimate of drug-likeness (QED) is 0.616. The summed E-state index contributed by atoms with van der Waals surface area (Å²) in [6.45, 7) is 0.647. The van der Waals surface area contributed by atoms with Crippen molar-refractivity contribution in [1.82, 2.24) is 9.78 Å². The summed E-state index contributed by atoms with van der Waals surface area (Å²) in [5.74, 6) is 0. The number of nitrogens with zero attached hydrogens (tertiary/aromatic N) is 3. The van der Waals surface area contributed by atoms with Crippen LogP contribution in [0.15, 0.2) is 6.20 Å². The molecule has 1 aromatic heterocycles. The summed E-state index contributed by atoms with van der Waals surface area (Å²) in [4.78, 5) is 9.50. The number of aromatic nitrogens is 2. The molecule has 1 saturated heterocycles. The Bertz CT molecular complexity index is 497. The smallest absolute Gasteiger partial charge is 0.353 e. The third-order valence-corrected chi connectivity index (χ3v) is 2.97. The van der Waals surface area contributed by atoms with Crippen LogP contribution in [0.25, 0.3) is 0 Å². The van der Waals surface area contributed by atoms with E-state index in [1.54, 1.807) is 0 Å². The van der Waals surface area contributed by atoms with Gasteiger partial charge in [0.05, 0.1) is 18.1 Å². The van der Waals surface area contributed by atoms with Crippen molar-refractivity contribution in [1.29, 1.82) is 0 Å². The summed E-state index contributed by atoms with van der Waals surface area (Å²) in [5, 5.41) is 13.8. The molecular weight excluding hydrogens is 295 g/mol. The lowest BCUT2D eigenvalue weighted by molar-refractivity contribution is -0.388. The Kier molecular flexibility index (Phi) is 4.78. The van der Waals surface area contributed by atoms with Gasteiger partial charge in [-0.05, 0) is 19.3 Å². The fourth-order valence-corrected chi connectivity index (χ4v) is 1.98. The minimum absolute atomic E-state index is 0.0171. The van der Waals surface area contributed by atoms with Crippen molar-refractivity contribution < 1.29 is 27.6 Å². The van der Waals surface area contributed by atoms with E-state index in [9.17, 15) is 23.3 Å². The number of alkyl halides is 3. The fraction of sp³-hybridized carbons (Fsp3) is 0.727. The van der Waals surface area contributed by atoms with E-state index in [0.717, 1.165) is 30.1 Å². The molecule has 10 heteroatoms. The summed E-state index contributed by atoms with van der Waals surface area (Å²) in [6, 6.07) is 0. The normalized spacial score (nSPS) is 19.7. The molecule has 1 aromatic rings. The second-order valence-electron chi connectivity index (χ2n) is 4.55.